The van der Waals surface area contributed by atoms with Gasteiger partial charge in [-0.2, -0.15) is 0 Å². The third-order valence-electron chi connectivity index (χ3n) is 7.35. The van der Waals surface area contributed by atoms with Crippen LogP contribution in [0.5, 0.6) is 0 Å². The molecule has 1 spiro atoms. The van der Waals surface area contributed by atoms with Crippen LogP contribution in [0.1, 0.15) is 58.3 Å². The minimum Gasteiger partial charge on any atom is -0.347 e. The van der Waals surface area contributed by atoms with Gasteiger partial charge < -0.3 is 9.47 Å². The lowest BCUT2D eigenvalue weighted by Crippen LogP contribution is -2.41. The van der Waals surface area contributed by atoms with E-state index >= 15 is 0 Å². The van der Waals surface area contributed by atoms with Crippen molar-refractivity contribution in [3.8, 4) is 0 Å². The molecule has 4 aliphatic carbocycles. The highest BCUT2D eigenvalue weighted by atomic mass is 16.7. The van der Waals surface area contributed by atoms with Gasteiger partial charge in [0.15, 0.2) is 5.79 Å². The van der Waals surface area contributed by atoms with Crippen molar-refractivity contribution >= 4 is 5.78 Å². The molecule has 0 bridgehead atoms. The Morgan fingerprint density at radius 2 is 1.96 bits per heavy atom. The maximum absolute atomic E-state index is 12.4. The van der Waals surface area contributed by atoms with Crippen LogP contribution in [0.25, 0.3) is 0 Å². The average Bonchev–Trinajstić information content (AvgIpc) is 3.12. The van der Waals surface area contributed by atoms with E-state index < -0.39 is 0 Å². The van der Waals surface area contributed by atoms with E-state index in [1.54, 1.807) is 16.7 Å². The van der Waals surface area contributed by atoms with E-state index in [1.165, 1.54) is 12.8 Å². The zero-order chi connectivity index (χ0) is 15.7. The van der Waals surface area contributed by atoms with Crippen molar-refractivity contribution in [2.24, 2.45) is 17.3 Å². The monoisotopic (exact) mass is 314 g/mol. The Hall–Kier alpha value is -0.930. The van der Waals surface area contributed by atoms with Crippen LogP contribution in [-0.2, 0) is 14.3 Å². The van der Waals surface area contributed by atoms with Crippen molar-refractivity contribution in [3.05, 3.63) is 22.8 Å². The van der Waals surface area contributed by atoms with Crippen LogP contribution in [0.4, 0.5) is 0 Å². The fourth-order valence-corrected chi connectivity index (χ4v) is 6.08. The van der Waals surface area contributed by atoms with Crippen LogP contribution in [0.3, 0.4) is 0 Å². The summed E-state index contributed by atoms with van der Waals surface area (Å²) in [6.45, 7) is 3.72. The zero-order valence-electron chi connectivity index (χ0n) is 14.0. The summed E-state index contributed by atoms with van der Waals surface area (Å²) in [6.07, 6.45) is 10.7. The molecule has 124 valence electrons. The number of allylic oxidation sites excluding steroid dienone is 3. The minimum atomic E-state index is -0.307. The standard InChI is InChI=1S/C20H26O3/c1-19-8-6-15-14-7-9-20(22-10-11-23-20)12-13(14)2-3-16(15)17(19)4-5-18(19)21/h6,16-17H,2-5,7-12H2,1H3/t16-,17-,19+/m1/s1. The predicted molar refractivity (Wildman–Crippen MR) is 86.8 cm³/mol. The van der Waals surface area contributed by atoms with Gasteiger partial charge in [0, 0.05) is 24.7 Å². The summed E-state index contributed by atoms with van der Waals surface area (Å²) < 4.78 is 11.9. The van der Waals surface area contributed by atoms with E-state index in [9.17, 15) is 4.79 Å². The van der Waals surface area contributed by atoms with E-state index in [4.69, 9.17) is 9.47 Å². The fourth-order valence-electron chi connectivity index (χ4n) is 6.08. The average molecular weight is 314 g/mol. The topological polar surface area (TPSA) is 35.5 Å². The predicted octanol–water partition coefficient (Wildman–Crippen LogP) is 3.94. The van der Waals surface area contributed by atoms with Crippen molar-refractivity contribution in [2.75, 3.05) is 13.2 Å². The molecule has 0 aromatic heterocycles. The largest absolute Gasteiger partial charge is 0.347 e. The highest BCUT2D eigenvalue weighted by Crippen LogP contribution is 2.58. The van der Waals surface area contributed by atoms with Gasteiger partial charge in [0.2, 0.25) is 0 Å². The third kappa shape index (κ3) is 1.93. The molecule has 23 heavy (non-hydrogen) atoms. The first-order chi connectivity index (χ1) is 11.1. The second-order valence-corrected chi connectivity index (χ2v) is 8.36. The van der Waals surface area contributed by atoms with Gasteiger partial charge in [-0.25, -0.2) is 0 Å². The first-order valence-corrected chi connectivity index (χ1v) is 9.34. The molecule has 1 aliphatic heterocycles. The van der Waals surface area contributed by atoms with E-state index in [2.05, 4.69) is 13.0 Å². The molecule has 0 aromatic rings. The van der Waals surface area contributed by atoms with E-state index in [1.807, 2.05) is 0 Å². The van der Waals surface area contributed by atoms with Crippen molar-refractivity contribution in [1.29, 1.82) is 0 Å². The van der Waals surface area contributed by atoms with Crippen molar-refractivity contribution in [2.45, 2.75) is 64.1 Å². The molecule has 1 saturated heterocycles. The van der Waals surface area contributed by atoms with Gasteiger partial charge in [-0.05, 0) is 55.1 Å². The van der Waals surface area contributed by atoms with Crippen LogP contribution in [0.2, 0.25) is 0 Å². The molecule has 0 aromatic carbocycles. The maximum atomic E-state index is 12.4. The number of carbonyl (C=O) groups is 1. The van der Waals surface area contributed by atoms with E-state index in [-0.39, 0.29) is 11.2 Å². The van der Waals surface area contributed by atoms with Crippen molar-refractivity contribution in [1.82, 2.24) is 0 Å². The summed E-state index contributed by atoms with van der Waals surface area (Å²) in [6, 6.07) is 0. The van der Waals surface area contributed by atoms with Crippen LogP contribution in [0, 0.1) is 17.3 Å². The van der Waals surface area contributed by atoms with Crippen LogP contribution in [-0.4, -0.2) is 24.8 Å². The normalized spacial score (nSPS) is 41.6. The van der Waals surface area contributed by atoms with Gasteiger partial charge in [0.05, 0.1) is 13.2 Å². The van der Waals surface area contributed by atoms with Crippen LogP contribution in [0.15, 0.2) is 22.8 Å². The number of rotatable bonds is 0. The second kappa shape index (κ2) is 4.80. The summed E-state index contributed by atoms with van der Waals surface area (Å²) in [5.41, 5.74) is 4.71. The molecule has 0 amide bonds. The minimum absolute atomic E-state index is 0.0696. The van der Waals surface area contributed by atoms with Gasteiger partial charge in [0.25, 0.3) is 0 Å². The van der Waals surface area contributed by atoms with Gasteiger partial charge in [-0.3, -0.25) is 4.79 Å². The second-order valence-electron chi connectivity index (χ2n) is 8.36. The molecule has 3 atom stereocenters. The van der Waals surface area contributed by atoms with Gasteiger partial charge in [0.1, 0.15) is 5.78 Å². The fraction of sp³-hybridized carbons (Fsp3) is 0.750. The molecule has 3 heteroatoms. The summed E-state index contributed by atoms with van der Waals surface area (Å²) in [4.78, 5) is 12.4. The number of ether oxygens (including phenoxy) is 2. The Kier molecular flexibility index (Phi) is 3.01. The molecule has 2 fully saturated rings. The summed E-state index contributed by atoms with van der Waals surface area (Å²) in [5, 5.41) is 0. The molecule has 3 nitrogen and oxygen atoms in total. The molecule has 0 radical (unpaired) electrons. The van der Waals surface area contributed by atoms with E-state index in [0.29, 0.717) is 17.6 Å². The SMILES string of the molecule is C[C@]12CC=C3C4=C(CC[C@H]3[C@H]1CCC2=O)CC1(CC4)OCCO1. The molecular weight excluding hydrogens is 288 g/mol. The highest BCUT2D eigenvalue weighted by molar-refractivity contribution is 5.87. The first kappa shape index (κ1) is 14.4. The van der Waals surface area contributed by atoms with E-state index in [0.717, 1.165) is 51.7 Å². The molecule has 0 N–H and O–H groups in total. The number of hydrogen-bond donors (Lipinski definition) is 0. The Morgan fingerprint density at radius 1 is 1.13 bits per heavy atom. The third-order valence-corrected chi connectivity index (χ3v) is 7.35. The van der Waals surface area contributed by atoms with Crippen LogP contribution < -0.4 is 0 Å². The van der Waals surface area contributed by atoms with Crippen LogP contribution >= 0.6 is 0 Å². The summed E-state index contributed by atoms with van der Waals surface area (Å²) >= 11 is 0. The lowest BCUT2D eigenvalue weighted by molar-refractivity contribution is -0.164. The highest BCUT2D eigenvalue weighted by Gasteiger charge is 2.53. The molecular formula is C20H26O3. The molecule has 1 saturated carbocycles. The quantitative estimate of drug-likeness (QED) is 0.679. The van der Waals surface area contributed by atoms with Crippen molar-refractivity contribution < 1.29 is 14.3 Å². The zero-order valence-corrected chi connectivity index (χ0v) is 14.0. The van der Waals surface area contributed by atoms with Gasteiger partial charge in [-0.1, -0.05) is 18.6 Å². The number of hydrogen-bond acceptors (Lipinski definition) is 3. The summed E-state index contributed by atoms with van der Waals surface area (Å²) in [7, 11) is 0. The van der Waals surface area contributed by atoms with Gasteiger partial charge >= 0.3 is 0 Å². The molecule has 0 unspecified atom stereocenters. The molecule has 5 aliphatic rings. The number of fused-ring (bicyclic) bond motifs is 4. The first-order valence-electron chi connectivity index (χ1n) is 9.34. The Labute approximate surface area is 138 Å². The Morgan fingerprint density at radius 3 is 2.78 bits per heavy atom. The molecule has 1 heterocycles. The van der Waals surface area contributed by atoms with Gasteiger partial charge in [-0.15, -0.1) is 0 Å². The van der Waals surface area contributed by atoms with Crippen molar-refractivity contribution in [3.63, 3.8) is 0 Å². The smallest absolute Gasteiger partial charge is 0.172 e. The summed E-state index contributed by atoms with van der Waals surface area (Å²) in [5.74, 6) is 1.41. The molecule has 5 rings (SSSR count). The maximum Gasteiger partial charge on any atom is 0.172 e. The lowest BCUT2D eigenvalue weighted by Gasteiger charge is -2.46. The Bertz CT molecular complexity index is 623. The number of Topliss-reactive ketones (excluding diaryl/α,β-unsaturated/α-hetero) is 1. The Balaban J connectivity index is 1.49. The number of ketones is 1. The number of carbonyl (C=O) groups excluding carboxylic acids is 1. The lowest BCUT2D eigenvalue weighted by atomic mass is 9.58.